The van der Waals surface area contributed by atoms with Gasteiger partial charge in [0.15, 0.2) is 17.3 Å². The summed E-state index contributed by atoms with van der Waals surface area (Å²) in [6.45, 7) is 5.27. The van der Waals surface area contributed by atoms with E-state index in [0.29, 0.717) is 53.2 Å². The molecule has 4 heterocycles. The maximum atomic E-state index is 13.1. The lowest BCUT2D eigenvalue weighted by atomic mass is 10.1. The van der Waals surface area contributed by atoms with Gasteiger partial charge in [-0.25, -0.2) is 9.97 Å². The van der Waals surface area contributed by atoms with Gasteiger partial charge < -0.3 is 18.8 Å². The number of hydrogen-bond acceptors (Lipinski definition) is 7. The van der Waals surface area contributed by atoms with Crippen LogP contribution in [0.5, 0.6) is 11.5 Å². The molecule has 0 aliphatic carbocycles. The van der Waals surface area contributed by atoms with E-state index in [1.165, 1.54) is 10.9 Å². The Labute approximate surface area is 184 Å². The first-order valence-corrected chi connectivity index (χ1v) is 10.3. The van der Waals surface area contributed by atoms with Crippen LogP contribution in [0, 0.1) is 0 Å². The number of carbonyl (C=O) groups is 1. The molecular formula is C23H21N5O4. The predicted molar refractivity (Wildman–Crippen MR) is 116 cm³/mol. The summed E-state index contributed by atoms with van der Waals surface area (Å²) in [5.74, 6) is 2.08. The average Bonchev–Trinajstić information content (AvgIpc) is 3.59. The number of hydrogen-bond donors (Lipinski definition) is 0. The first-order chi connectivity index (χ1) is 15.7. The van der Waals surface area contributed by atoms with Gasteiger partial charge in [0.1, 0.15) is 5.69 Å². The van der Waals surface area contributed by atoms with Gasteiger partial charge in [-0.15, -0.1) is 0 Å². The monoisotopic (exact) mass is 431 g/mol. The third-order valence-corrected chi connectivity index (χ3v) is 5.31. The van der Waals surface area contributed by atoms with Crippen LogP contribution >= 0.6 is 0 Å². The first-order valence-electron chi connectivity index (χ1n) is 10.3. The van der Waals surface area contributed by atoms with Gasteiger partial charge in [-0.1, -0.05) is 0 Å². The quantitative estimate of drug-likeness (QED) is 0.458. The summed E-state index contributed by atoms with van der Waals surface area (Å²) < 4.78 is 18.0. The lowest BCUT2D eigenvalue weighted by Gasteiger charge is -2.18. The molecule has 9 heteroatoms. The maximum absolute atomic E-state index is 13.1. The lowest BCUT2D eigenvalue weighted by molar-refractivity contribution is 0.0773. The highest BCUT2D eigenvalue weighted by molar-refractivity contribution is 5.99. The lowest BCUT2D eigenvalue weighted by Crippen LogP contribution is -2.30. The van der Waals surface area contributed by atoms with Crippen LogP contribution in [0.1, 0.15) is 24.2 Å². The van der Waals surface area contributed by atoms with Crippen LogP contribution in [0.3, 0.4) is 0 Å². The number of aromatic nitrogens is 4. The van der Waals surface area contributed by atoms with Crippen LogP contribution in [-0.2, 0) is 0 Å². The van der Waals surface area contributed by atoms with Gasteiger partial charge >= 0.3 is 0 Å². The molecule has 0 N–H and O–H groups in total. The molecule has 0 atom stereocenters. The number of benzene rings is 1. The van der Waals surface area contributed by atoms with E-state index in [9.17, 15) is 4.79 Å². The summed E-state index contributed by atoms with van der Waals surface area (Å²) in [5, 5.41) is 4.45. The Bertz CT molecular complexity index is 1260. The zero-order valence-electron chi connectivity index (χ0n) is 17.7. The fourth-order valence-corrected chi connectivity index (χ4v) is 3.66. The van der Waals surface area contributed by atoms with Crippen LogP contribution < -0.4 is 9.47 Å². The Morgan fingerprint density at radius 2 is 1.97 bits per heavy atom. The minimum atomic E-state index is -0.125. The molecule has 0 saturated carbocycles. The van der Waals surface area contributed by atoms with E-state index in [4.69, 9.17) is 18.9 Å². The molecule has 0 fully saturated rings. The summed E-state index contributed by atoms with van der Waals surface area (Å²) in [7, 11) is 0. The van der Waals surface area contributed by atoms with E-state index >= 15 is 0 Å². The number of rotatable bonds is 6. The molecule has 32 heavy (non-hydrogen) atoms. The van der Waals surface area contributed by atoms with Crippen LogP contribution in [-0.4, -0.2) is 50.4 Å². The molecule has 0 spiro atoms. The van der Waals surface area contributed by atoms with Gasteiger partial charge in [-0.05, 0) is 50.2 Å². The van der Waals surface area contributed by atoms with Gasteiger partial charge in [-0.3, -0.25) is 4.79 Å². The SMILES string of the molecule is CCN(CC)C(=O)c1cnn(-c2nccc(-c3ccc4c(c3)OCO4)n2)c1-c1ccco1. The predicted octanol–water partition coefficient (Wildman–Crippen LogP) is 3.80. The minimum absolute atomic E-state index is 0.125. The van der Waals surface area contributed by atoms with Crippen LogP contribution in [0.2, 0.25) is 0 Å². The van der Waals surface area contributed by atoms with Crippen molar-refractivity contribution in [3.05, 3.63) is 60.6 Å². The second-order valence-corrected chi connectivity index (χ2v) is 7.08. The standard InChI is InChI=1S/C23H21N5O4/c1-3-27(4-2)22(29)16-13-25-28(21(16)19-6-5-11-30-19)23-24-10-9-17(26-23)15-7-8-18-20(12-15)32-14-31-18/h5-13H,3-4,14H2,1-2H3. The van der Waals surface area contributed by atoms with Gasteiger partial charge in [0, 0.05) is 24.8 Å². The van der Waals surface area contributed by atoms with Crippen molar-refractivity contribution in [2.45, 2.75) is 13.8 Å². The molecule has 0 bridgehead atoms. The molecule has 9 nitrogen and oxygen atoms in total. The Balaban J connectivity index is 1.60. The fourth-order valence-electron chi connectivity index (χ4n) is 3.66. The van der Waals surface area contributed by atoms with E-state index in [1.807, 2.05) is 32.0 Å². The molecule has 1 aliphatic heterocycles. The molecule has 1 aliphatic rings. The van der Waals surface area contributed by atoms with Crippen molar-refractivity contribution >= 4 is 5.91 Å². The second-order valence-electron chi connectivity index (χ2n) is 7.08. The molecule has 0 unspecified atom stereocenters. The second kappa shape index (κ2) is 8.18. The number of ether oxygens (including phenoxy) is 2. The summed E-state index contributed by atoms with van der Waals surface area (Å²) in [5.41, 5.74) is 2.48. The van der Waals surface area contributed by atoms with Crippen molar-refractivity contribution < 1.29 is 18.7 Å². The Hall–Kier alpha value is -4.14. The molecule has 4 aromatic rings. The van der Waals surface area contributed by atoms with E-state index in [2.05, 4.69) is 10.1 Å². The van der Waals surface area contributed by atoms with Crippen molar-refractivity contribution in [1.29, 1.82) is 0 Å². The highest BCUT2D eigenvalue weighted by atomic mass is 16.7. The molecule has 162 valence electrons. The number of carbonyl (C=O) groups excluding carboxylic acids is 1. The molecule has 0 saturated heterocycles. The molecule has 0 radical (unpaired) electrons. The summed E-state index contributed by atoms with van der Waals surface area (Å²) in [4.78, 5) is 24.0. The van der Waals surface area contributed by atoms with E-state index in [-0.39, 0.29) is 12.7 Å². The zero-order valence-corrected chi connectivity index (χ0v) is 17.7. The molecule has 1 amide bonds. The van der Waals surface area contributed by atoms with Crippen LogP contribution in [0.4, 0.5) is 0 Å². The third kappa shape index (κ3) is 3.37. The number of furan rings is 1. The number of fused-ring (bicyclic) bond motifs is 1. The van der Waals surface area contributed by atoms with E-state index in [1.54, 1.807) is 35.6 Å². The van der Waals surface area contributed by atoms with Crippen LogP contribution in [0.15, 0.2) is 59.5 Å². The Kier molecular flexibility index (Phi) is 5.06. The van der Waals surface area contributed by atoms with E-state index < -0.39 is 0 Å². The molecule has 1 aromatic carbocycles. The number of amides is 1. The van der Waals surface area contributed by atoms with Gasteiger partial charge in [0.25, 0.3) is 11.9 Å². The normalized spacial score (nSPS) is 12.2. The highest BCUT2D eigenvalue weighted by Crippen LogP contribution is 2.35. The first kappa shape index (κ1) is 19.8. The van der Waals surface area contributed by atoms with Crippen molar-refractivity contribution in [1.82, 2.24) is 24.6 Å². The zero-order chi connectivity index (χ0) is 22.1. The van der Waals surface area contributed by atoms with Crippen LogP contribution in [0.25, 0.3) is 28.7 Å². The fraction of sp³-hybridized carbons (Fsp3) is 0.217. The van der Waals surface area contributed by atoms with Crippen molar-refractivity contribution in [3.63, 3.8) is 0 Å². The summed E-state index contributed by atoms with van der Waals surface area (Å²) >= 11 is 0. The van der Waals surface area contributed by atoms with Crippen molar-refractivity contribution in [3.8, 4) is 40.2 Å². The molecule has 3 aromatic heterocycles. The highest BCUT2D eigenvalue weighted by Gasteiger charge is 2.26. The summed E-state index contributed by atoms with van der Waals surface area (Å²) in [6, 6.07) is 11.0. The Morgan fingerprint density at radius 3 is 2.75 bits per heavy atom. The molecular weight excluding hydrogens is 410 g/mol. The average molecular weight is 431 g/mol. The largest absolute Gasteiger partial charge is 0.463 e. The smallest absolute Gasteiger partial charge is 0.257 e. The molecule has 5 rings (SSSR count). The van der Waals surface area contributed by atoms with Crippen molar-refractivity contribution in [2.75, 3.05) is 19.9 Å². The Morgan fingerprint density at radius 1 is 1.12 bits per heavy atom. The van der Waals surface area contributed by atoms with Gasteiger partial charge in [0.2, 0.25) is 6.79 Å². The third-order valence-electron chi connectivity index (χ3n) is 5.31. The topological polar surface area (TPSA) is 95.5 Å². The minimum Gasteiger partial charge on any atom is -0.463 e. The van der Waals surface area contributed by atoms with E-state index in [0.717, 1.165) is 5.56 Å². The van der Waals surface area contributed by atoms with Gasteiger partial charge in [0.05, 0.1) is 23.7 Å². The number of nitrogens with zero attached hydrogens (tertiary/aromatic N) is 5. The maximum Gasteiger partial charge on any atom is 0.257 e. The summed E-state index contributed by atoms with van der Waals surface area (Å²) in [6.07, 6.45) is 4.75. The van der Waals surface area contributed by atoms with Crippen molar-refractivity contribution in [2.24, 2.45) is 0 Å². The van der Waals surface area contributed by atoms with Gasteiger partial charge in [-0.2, -0.15) is 9.78 Å².